The molecule has 1 aromatic rings. The summed E-state index contributed by atoms with van der Waals surface area (Å²) in [5.74, 6) is 0. The summed E-state index contributed by atoms with van der Waals surface area (Å²) < 4.78 is 2.71. The molecule has 56 valence electrons. The molecule has 1 heterocycles. The van der Waals surface area contributed by atoms with E-state index in [9.17, 15) is 0 Å². The minimum atomic E-state index is 0.931. The zero-order valence-corrected chi connectivity index (χ0v) is 7.55. The van der Waals surface area contributed by atoms with E-state index < -0.39 is 0 Å². The fraction of sp³-hybridized carbons (Fsp3) is 0.333. The first kappa shape index (κ1) is 9.36. The van der Waals surface area contributed by atoms with E-state index in [2.05, 4.69) is 21.0 Å². The molecule has 0 atom stereocenters. The van der Waals surface area contributed by atoms with Crippen LogP contribution < -0.4 is 0 Å². The SMILES string of the molecule is C=O.Cc1cn(C)nc1Br. The molecule has 0 radical (unpaired) electrons. The van der Waals surface area contributed by atoms with Crippen LogP contribution in [0.3, 0.4) is 0 Å². The van der Waals surface area contributed by atoms with Gasteiger partial charge in [0.1, 0.15) is 11.4 Å². The maximum absolute atomic E-state index is 8.00. The summed E-state index contributed by atoms with van der Waals surface area (Å²) in [4.78, 5) is 8.00. The van der Waals surface area contributed by atoms with Crippen molar-refractivity contribution in [1.82, 2.24) is 9.78 Å². The Kier molecular flexibility index (Phi) is 3.95. The summed E-state index contributed by atoms with van der Waals surface area (Å²) in [6.07, 6.45) is 1.96. The number of hydrogen-bond donors (Lipinski definition) is 0. The Bertz CT molecular complexity index is 190. The lowest BCUT2D eigenvalue weighted by Gasteiger charge is -1.78. The van der Waals surface area contributed by atoms with Gasteiger partial charge in [0.25, 0.3) is 0 Å². The second-order valence-electron chi connectivity index (χ2n) is 1.78. The van der Waals surface area contributed by atoms with E-state index in [0.717, 1.165) is 4.60 Å². The first-order valence-electron chi connectivity index (χ1n) is 2.65. The highest BCUT2D eigenvalue weighted by atomic mass is 79.9. The summed E-state index contributed by atoms with van der Waals surface area (Å²) in [5, 5.41) is 4.04. The maximum atomic E-state index is 8.00. The molecule has 0 aliphatic carbocycles. The Hall–Kier alpha value is -0.640. The average Bonchev–Trinajstić information content (AvgIpc) is 2.16. The molecule has 0 N–H and O–H groups in total. The normalized spacial score (nSPS) is 8.30. The molecule has 0 unspecified atom stereocenters. The third kappa shape index (κ3) is 2.31. The molecule has 0 aliphatic heterocycles. The van der Waals surface area contributed by atoms with Crippen molar-refractivity contribution in [3.63, 3.8) is 0 Å². The first-order chi connectivity index (χ1) is 4.70. The van der Waals surface area contributed by atoms with Gasteiger partial charge in [0, 0.05) is 18.8 Å². The lowest BCUT2D eigenvalue weighted by Crippen LogP contribution is -1.84. The Morgan fingerprint density at radius 3 is 2.30 bits per heavy atom. The molecule has 0 saturated carbocycles. The number of nitrogens with zero attached hydrogens (tertiary/aromatic N) is 2. The number of carbonyl (C=O) groups excluding carboxylic acids is 1. The zero-order valence-electron chi connectivity index (χ0n) is 5.97. The van der Waals surface area contributed by atoms with E-state index in [1.165, 1.54) is 5.56 Å². The van der Waals surface area contributed by atoms with E-state index in [1.807, 2.05) is 27.0 Å². The summed E-state index contributed by atoms with van der Waals surface area (Å²) >= 11 is 3.28. The second-order valence-corrected chi connectivity index (χ2v) is 2.53. The van der Waals surface area contributed by atoms with E-state index in [4.69, 9.17) is 4.79 Å². The van der Waals surface area contributed by atoms with Gasteiger partial charge in [0.15, 0.2) is 0 Å². The van der Waals surface area contributed by atoms with Crippen LogP contribution in [-0.4, -0.2) is 16.6 Å². The standard InChI is InChI=1S/C5H7BrN2.CH2O/c1-4-3-8(2)7-5(4)6;1-2/h3H,1-2H3;1H2. The van der Waals surface area contributed by atoms with Crippen LogP contribution >= 0.6 is 15.9 Å². The molecule has 0 aliphatic rings. The van der Waals surface area contributed by atoms with Crippen LogP contribution in [0.15, 0.2) is 10.8 Å². The highest BCUT2D eigenvalue weighted by molar-refractivity contribution is 9.10. The van der Waals surface area contributed by atoms with E-state index in [0.29, 0.717) is 0 Å². The van der Waals surface area contributed by atoms with Crippen LogP contribution in [-0.2, 0) is 11.8 Å². The highest BCUT2D eigenvalue weighted by Crippen LogP contribution is 2.10. The van der Waals surface area contributed by atoms with Crippen molar-refractivity contribution in [3.05, 3.63) is 16.4 Å². The number of rotatable bonds is 0. The first-order valence-corrected chi connectivity index (χ1v) is 3.44. The zero-order chi connectivity index (χ0) is 8.15. The van der Waals surface area contributed by atoms with Crippen LogP contribution in [0.5, 0.6) is 0 Å². The number of halogens is 1. The van der Waals surface area contributed by atoms with Crippen molar-refractivity contribution in [2.45, 2.75) is 6.92 Å². The van der Waals surface area contributed by atoms with E-state index >= 15 is 0 Å². The van der Waals surface area contributed by atoms with Crippen molar-refractivity contribution in [3.8, 4) is 0 Å². The number of aromatic nitrogens is 2. The topological polar surface area (TPSA) is 34.9 Å². The van der Waals surface area contributed by atoms with Gasteiger partial charge in [-0.1, -0.05) is 0 Å². The van der Waals surface area contributed by atoms with Crippen molar-refractivity contribution in [2.75, 3.05) is 0 Å². The van der Waals surface area contributed by atoms with Gasteiger partial charge in [0.2, 0.25) is 0 Å². The number of aryl methyl sites for hydroxylation is 2. The molecule has 1 aromatic heterocycles. The van der Waals surface area contributed by atoms with Crippen LogP contribution in [0.1, 0.15) is 5.56 Å². The summed E-state index contributed by atoms with van der Waals surface area (Å²) in [6.45, 7) is 4.01. The van der Waals surface area contributed by atoms with Gasteiger partial charge >= 0.3 is 0 Å². The average molecular weight is 205 g/mol. The Morgan fingerprint density at radius 1 is 1.70 bits per heavy atom. The van der Waals surface area contributed by atoms with Gasteiger partial charge in [-0.2, -0.15) is 5.10 Å². The minimum absolute atomic E-state index is 0.931. The molecule has 0 bridgehead atoms. The minimum Gasteiger partial charge on any atom is -0.307 e. The largest absolute Gasteiger partial charge is 0.307 e. The van der Waals surface area contributed by atoms with Gasteiger partial charge in [-0.25, -0.2) is 0 Å². The maximum Gasteiger partial charge on any atom is 0.131 e. The van der Waals surface area contributed by atoms with Gasteiger partial charge < -0.3 is 4.79 Å². The second kappa shape index (κ2) is 4.22. The third-order valence-electron chi connectivity index (χ3n) is 0.951. The lowest BCUT2D eigenvalue weighted by molar-refractivity contribution is -0.0979. The molecular weight excluding hydrogens is 196 g/mol. The van der Waals surface area contributed by atoms with E-state index in [-0.39, 0.29) is 0 Å². The molecule has 0 fully saturated rings. The molecule has 0 aromatic carbocycles. The molecular formula is C6H9BrN2O. The predicted octanol–water partition coefficient (Wildman–Crippen LogP) is 1.31. The van der Waals surface area contributed by atoms with Gasteiger partial charge in [-0.3, -0.25) is 4.68 Å². The monoisotopic (exact) mass is 204 g/mol. The van der Waals surface area contributed by atoms with Gasteiger partial charge in [-0.15, -0.1) is 0 Å². The predicted molar refractivity (Wildman–Crippen MR) is 42.8 cm³/mol. The Morgan fingerprint density at radius 2 is 2.20 bits per heavy atom. The molecule has 0 amide bonds. The summed E-state index contributed by atoms with van der Waals surface area (Å²) in [5.41, 5.74) is 1.17. The smallest absolute Gasteiger partial charge is 0.131 e. The Labute approximate surface area is 68.2 Å². The summed E-state index contributed by atoms with van der Waals surface area (Å²) in [7, 11) is 1.90. The molecule has 0 saturated heterocycles. The Balaban J connectivity index is 0.000000371. The lowest BCUT2D eigenvalue weighted by atomic mass is 10.4. The fourth-order valence-corrected chi connectivity index (χ4v) is 0.932. The molecule has 0 spiro atoms. The van der Waals surface area contributed by atoms with Crippen LogP contribution in [0.2, 0.25) is 0 Å². The van der Waals surface area contributed by atoms with Crippen molar-refractivity contribution < 1.29 is 4.79 Å². The molecule has 1 rings (SSSR count). The van der Waals surface area contributed by atoms with Crippen molar-refractivity contribution in [2.24, 2.45) is 7.05 Å². The van der Waals surface area contributed by atoms with Crippen LogP contribution in [0, 0.1) is 6.92 Å². The van der Waals surface area contributed by atoms with Crippen LogP contribution in [0.4, 0.5) is 0 Å². The van der Waals surface area contributed by atoms with Crippen molar-refractivity contribution in [1.29, 1.82) is 0 Å². The fourth-order valence-electron chi connectivity index (χ4n) is 0.580. The molecule has 10 heavy (non-hydrogen) atoms. The molecule has 4 heteroatoms. The number of hydrogen-bond acceptors (Lipinski definition) is 2. The number of carbonyl (C=O) groups is 1. The summed E-state index contributed by atoms with van der Waals surface area (Å²) in [6, 6.07) is 0. The third-order valence-corrected chi connectivity index (χ3v) is 1.74. The van der Waals surface area contributed by atoms with Crippen LogP contribution in [0.25, 0.3) is 0 Å². The molecule has 3 nitrogen and oxygen atoms in total. The quantitative estimate of drug-likeness (QED) is 0.639. The highest BCUT2D eigenvalue weighted by Gasteiger charge is 1.94. The van der Waals surface area contributed by atoms with Gasteiger partial charge in [-0.05, 0) is 22.9 Å². The van der Waals surface area contributed by atoms with Crippen molar-refractivity contribution >= 4 is 22.7 Å². The van der Waals surface area contributed by atoms with Gasteiger partial charge in [0.05, 0.1) is 0 Å². The van der Waals surface area contributed by atoms with E-state index in [1.54, 1.807) is 4.68 Å².